The number of amides is 1. The van der Waals surface area contributed by atoms with Gasteiger partial charge in [0, 0.05) is 24.5 Å². The van der Waals surface area contributed by atoms with Gasteiger partial charge >= 0.3 is 0 Å². The van der Waals surface area contributed by atoms with Gasteiger partial charge in [0.25, 0.3) is 0 Å². The summed E-state index contributed by atoms with van der Waals surface area (Å²) >= 11 is 0. The van der Waals surface area contributed by atoms with Crippen LogP contribution in [-0.2, 0) is 9.53 Å². The number of nitrogens with zero attached hydrogens (tertiary/aromatic N) is 1. The van der Waals surface area contributed by atoms with Crippen LogP contribution in [0.3, 0.4) is 0 Å². The molecule has 120 valence electrons. The van der Waals surface area contributed by atoms with Crippen molar-refractivity contribution in [3.05, 3.63) is 0 Å². The Kier molecular flexibility index (Phi) is 4.82. The van der Waals surface area contributed by atoms with Crippen molar-refractivity contribution in [2.24, 2.45) is 11.8 Å². The van der Waals surface area contributed by atoms with E-state index in [4.69, 9.17) is 9.94 Å². The average Bonchev–Trinajstić information content (AvgIpc) is 2.98. The summed E-state index contributed by atoms with van der Waals surface area (Å²) in [6.07, 6.45) is 8.21. The molecule has 3 rings (SSSR count). The summed E-state index contributed by atoms with van der Waals surface area (Å²) < 4.78 is 6.13. The highest BCUT2D eigenvalue weighted by Gasteiger charge is 2.40. The van der Waals surface area contributed by atoms with E-state index >= 15 is 0 Å². The summed E-state index contributed by atoms with van der Waals surface area (Å²) in [6.45, 7) is 4.16. The third-order valence-corrected chi connectivity index (χ3v) is 5.77. The molecular weight excluding hydrogens is 268 g/mol. The van der Waals surface area contributed by atoms with Gasteiger partial charge in [0.1, 0.15) is 0 Å². The highest BCUT2D eigenvalue weighted by Crippen LogP contribution is 2.36. The normalized spacial score (nSPS) is 38.8. The Balaban J connectivity index is 1.65. The minimum absolute atomic E-state index is 0.0930. The molecule has 4 atom stereocenters. The molecule has 3 fully saturated rings. The largest absolute Gasteiger partial charge is 0.376 e. The number of hydrogen-bond acceptors (Lipinski definition) is 4. The third kappa shape index (κ3) is 3.25. The second-order valence-electron chi connectivity index (χ2n) is 7.10. The molecule has 21 heavy (non-hydrogen) atoms. The van der Waals surface area contributed by atoms with Crippen LogP contribution in [0.5, 0.6) is 0 Å². The zero-order valence-electron chi connectivity index (χ0n) is 13.0. The molecule has 5 nitrogen and oxygen atoms in total. The summed E-state index contributed by atoms with van der Waals surface area (Å²) in [4.78, 5) is 14.3. The molecule has 0 aromatic carbocycles. The quantitative estimate of drug-likeness (QED) is 0.604. The van der Waals surface area contributed by atoms with E-state index in [1.54, 1.807) is 5.48 Å². The van der Waals surface area contributed by atoms with Crippen molar-refractivity contribution in [2.45, 2.75) is 70.1 Å². The van der Waals surface area contributed by atoms with Crippen molar-refractivity contribution in [2.75, 3.05) is 13.2 Å². The lowest BCUT2D eigenvalue weighted by molar-refractivity contribution is -0.137. The smallest absolute Gasteiger partial charge is 0.246 e. The number of hydrogen-bond donors (Lipinski definition) is 2. The number of fused-ring (bicyclic) bond motifs is 1. The van der Waals surface area contributed by atoms with Crippen molar-refractivity contribution in [3.63, 3.8) is 0 Å². The van der Waals surface area contributed by atoms with Crippen LogP contribution in [0.1, 0.15) is 51.9 Å². The van der Waals surface area contributed by atoms with Gasteiger partial charge in [-0.2, -0.15) is 0 Å². The number of rotatable bonds is 2. The van der Waals surface area contributed by atoms with Crippen LogP contribution in [0.15, 0.2) is 0 Å². The first-order chi connectivity index (χ1) is 10.2. The van der Waals surface area contributed by atoms with Crippen LogP contribution in [0.25, 0.3) is 0 Å². The number of carbonyl (C=O) groups excluding carboxylic acids is 1. The second kappa shape index (κ2) is 6.63. The lowest BCUT2D eigenvalue weighted by Gasteiger charge is -2.37. The number of carbonyl (C=O) groups is 1. The molecule has 2 saturated carbocycles. The molecule has 3 unspecified atom stereocenters. The summed E-state index contributed by atoms with van der Waals surface area (Å²) in [6, 6.07) is 1.21. The Bertz CT molecular complexity index is 371. The van der Waals surface area contributed by atoms with Gasteiger partial charge in [0.2, 0.25) is 5.91 Å². The van der Waals surface area contributed by atoms with Gasteiger partial charge < -0.3 is 4.74 Å². The molecule has 0 aromatic heterocycles. The molecule has 0 bridgehead atoms. The van der Waals surface area contributed by atoms with Gasteiger partial charge in [-0.05, 0) is 44.9 Å². The van der Waals surface area contributed by atoms with Crippen LogP contribution in [0.4, 0.5) is 0 Å². The van der Waals surface area contributed by atoms with Crippen molar-refractivity contribution < 1.29 is 14.7 Å². The van der Waals surface area contributed by atoms with E-state index in [0.717, 1.165) is 38.5 Å². The van der Waals surface area contributed by atoms with Crippen LogP contribution in [-0.4, -0.2) is 47.4 Å². The molecular formula is C16H28N2O3. The van der Waals surface area contributed by atoms with E-state index in [-0.39, 0.29) is 17.9 Å². The maximum Gasteiger partial charge on any atom is 0.246 e. The van der Waals surface area contributed by atoms with Crippen molar-refractivity contribution in [1.82, 2.24) is 10.4 Å². The fourth-order valence-corrected chi connectivity index (χ4v) is 4.49. The van der Waals surface area contributed by atoms with Crippen LogP contribution < -0.4 is 5.48 Å². The van der Waals surface area contributed by atoms with E-state index in [0.29, 0.717) is 12.0 Å². The number of hydroxylamine groups is 1. The average molecular weight is 296 g/mol. The van der Waals surface area contributed by atoms with Crippen LogP contribution in [0.2, 0.25) is 0 Å². The van der Waals surface area contributed by atoms with E-state index in [1.807, 2.05) is 0 Å². The summed E-state index contributed by atoms with van der Waals surface area (Å²) in [5.41, 5.74) is 1.80. The first kappa shape index (κ1) is 15.3. The van der Waals surface area contributed by atoms with Gasteiger partial charge in [0.15, 0.2) is 0 Å². The maximum atomic E-state index is 11.6. The SMILES string of the molecule is C[C@H]1COC2CC(C(=O)NO)CCC2CN1C1CCCC1. The zero-order valence-corrected chi connectivity index (χ0v) is 13.0. The molecule has 1 amide bonds. The first-order valence-corrected chi connectivity index (χ1v) is 8.50. The Hall–Kier alpha value is -0.650. The predicted molar refractivity (Wildman–Crippen MR) is 78.9 cm³/mol. The van der Waals surface area contributed by atoms with Crippen LogP contribution >= 0.6 is 0 Å². The molecule has 1 aliphatic heterocycles. The molecule has 1 heterocycles. The van der Waals surface area contributed by atoms with Crippen molar-refractivity contribution in [3.8, 4) is 0 Å². The molecule has 0 spiro atoms. The highest BCUT2D eigenvalue weighted by molar-refractivity contribution is 5.77. The van der Waals surface area contributed by atoms with Gasteiger partial charge in [0.05, 0.1) is 12.7 Å². The highest BCUT2D eigenvalue weighted by atomic mass is 16.5. The van der Waals surface area contributed by atoms with Gasteiger partial charge in [-0.25, -0.2) is 5.48 Å². The van der Waals surface area contributed by atoms with Gasteiger partial charge in [-0.1, -0.05) is 12.8 Å². The summed E-state index contributed by atoms with van der Waals surface area (Å²) in [7, 11) is 0. The van der Waals surface area contributed by atoms with E-state index in [1.165, 1.54) is 25.7 Å². The molecule has 1 saturated heterocycles. The molecule has 3 aliphatic rings. The lowest BCUT2D eigenvalue weighted by Crippen LogP contribution is -2.45. The monoisotopic (exact) mass is 296 g/mol. The number of ether oxygens (including phenoxy) is 1. The number of nitrogens with one attached hydrogen (secondary N) is 1. The minimum Gasteiger partial charge on any atom is -0.376 e. The van der Waals surface area contributed by atoms with Gasteiger partial charge in [-0.15, -0.1) is 0 Å². The standard InChI is InChI=1S/C16H28N2O3/c1-11-10-21-15-8-12(16(19)17-20)6-7-13(15)9-18(11)14-4-2-3-5-14/h11-15,20H,2-10H2,1H3,(H,17,19)/t11-,12?,13?,15?/m0/s1. The first-order valence-electron chi connectivity index (χ1n) is 8.50. The third-order valence-electron chi connectivity index (χ3n) is 5.77. The van der Waals surface area contributed by atoms with E-state index < -0.39 is 0 Å². The van der Waals surface area contributed by atoms with E-state index in [9.17, 15) is 4.79 Å². The topological polar surface area (TPSA) is 61.8 Å². The molecule has 5 heteroatoms. The zero-order chi connectivity index (χ0) is 14.8. The fourth-order valence-electron chi connectivity index (χ4n) is 4.49. The molecule has 2 N–H and O–H groups in total. The Morgan fingerprint density at radius 1 is 1.24 bits per heavy atom. The van der Waals surface area contributed by atoms with Crippen molar-refractivity contribution in [1.29, 1.82) is 0 Å². The predicted octanol–water partition coefficient (Wildman–Crippen LogP) is 1.94. The fraction of sp³-hybridized carbons (Fsp3) is 0.938. The minimum atomic E-state index is -0.248. The Morgan fingerprint density at radius 2 is 2.00 bits per heavy atom. The van der Waals surface area contributed by atoms with E-state index in [2.05, 4.69) is 11.8 Å². The van der Waals surface area contributed by atoms with Crippen LogP contribution in [0, 0.1) is 11.8 Å². The maximum absolute atomic E-state index is 11.6. The van der Waals surface area contributed by atoms with Crippen molar-refractivity contribution >= 4 is 5.91 Å². The molecule has 2 aliphatic carbocycles. The van der Waals surface area contributed by atoms with Gasteiger partial charge in [-0.3, -0.25) is 14.9 Å². The molecule has 0 radical (unpaired) electrons. The Morgan fingerprint density at radius 3 is 2.71 bits per heavy atom. The Labute approximate surface area is 127 Å². The lowest BCUT2D eigenvalue weighted by atomic mass is 9.79. The molecule has 0 aromatic rings. The summed E-state index contributed by atoms with van der Waals surface area (Å²) in [5.74, 6) is 0.199. The summed E-state index contributed by atoms with van der Waals surface area (Å²) in [5, 5.41) is 8.82. The second-order valence-corrected chi connectivity index (χ2v) is 7.10.